The molecule has 1 aromatic carbocycles. The first-order valence-electron chi connectivity index (χ1n) is 5.27. The lowest BCUT2D eigenvalue weighted by molar-refractivity contribution is 0.405. The number of hydrogen-bond donors (Lipinski definition) is 0. The largest absolute Gasteiger partial charge is 0.496 e. The van der Waals surface area contributed by atoms with Crippen molar-refractivity contribution in [3.63, 3.8) is 0 Å². The summed E-state index contributed by atoms with van der Waals surface area (Å²) >= 11 is 13.7. The Morgan fingerprint density at radius 2 is 2.11 bits per heavy atom. The van der Waals surface area contributed by atoms with Gasteiger partial charge in [0.1, 0.15) is 11.6 Å². The summed E-state index contributed by atoms with van der Waals surface area (Å²) in [5, 5.41) is -0.600. The average Bonchev–Trinajstić information content (AvgIpc) is 2.68. The van der Waals surface area contributed by atoms with E-state index in [4.69, 9.17) is 27.9 Å². The Balaban J connectivity index is 2.48. The summed E-state index contributed by atoms with van der Waals surface area (Å²) in [6, 6.07) is 6.52. The van der Waals surface area contributed by atoms with Crippen LogP contribution in [0.4, 0.5) is 4.39 Å². The van der Waals surface area contributed by atoms with E-state index >= 15 is 0 Å². The molecule has 1 unspecified atom stereocenters. The van der Waals surface area contributed by atoms with Crippen LogP contribution in [0.15, 0.2) is 24.3 Å². The summed E-state index contributed by atoms with van der Waals surface area (Å²) in [6.45, 7) is 1.89. The van der Waals surface area contributed by atoms with E-state index in [9.17, 15) is 4.39 Å². The Bertz CT molecular complexity index is 549. The summed E-state index contributed by atoms with van der Waals surface area (Å²) < 4.78 is 19.7. The van der Waals surface area contributed by atoms with Gasteiger partial charge in [0.25, 0.3) is 0 Å². The molecule has 18 heavy (non-hydrogen) atoms. The normalized spacial score (nSPS) is 12.5. The topological polar surface area (TPSA) is 9.23 Å². The zero-order chi connectivity index (χ0) is 13.3. The Labute approximate surface area is 119 Å². The maximum absolute atomic E-state index is 13.9. The average molecular weight is 305 g/mol. The smallest absolute Gasteiger partial charge is 0.131 e. The van der Waals surface area contributed by atoms with Crippen LogP contribution in [0.1, 0.15) is 21.4 Å². The van der Waals surface area contributed by atoms with Gasteiger partial charge in [-0.15, -0.1) is 22.9 Å². The summed E-state index contributed by atoms with van der Waals surface area (Å²) in [7, 11) is 1.49. The maximum Gasteiger partial charge on any atom is 0.131 e. The zero-order valence-corrected chi connectivity index (χ0v) is 12.2. The molecule has 1 aromatic heterocycles. The third kappa shape index (κ3) is 2.48. The summed E-state index contributed by atoms with van der Waals surface area (Å²) in [5.74, 6) is 0.0636. The molecule has 0 radical (unpaired) electrons. The van der Waals surface area contributed by atoms with Gasteiger partial charge in [-0.3, -0.25) is 0 Å². The molecule has 5 heteroatoms. The monoisotopic (exact) mass is 304 g/mol. The number of methoxy groups -OCH3 is 1. The predicted molar refractivity (Wildman–Crippen MR) is 74.7 cm³/mol. The van der Waals surface area contributed by atoms with Gasteiger partial charge in [0.15, 0.2) is 0 Å². The van der Waals surface area contributed by atoms with Crippen molar-refractivity contribution >= 4 is 34.5 Å². The first kappa shape index (κ1) is 13.7. The molecular weight excluding hydrogens is 294 g/mol. The molecule has 0 spiro atoms. The van der Waals surface area contributed by atoms with Crippen LogP contribution >= 0.6 is 34.5 Å². The quantitative estimate of drug-likeness (QED) is 0.709. The summed E-state index contributed by atoms with van der Waals surface area (Å²) in [6.07, 6.45) is 0. The predicted octanol–water partition coefficient (Wildman–Crippen LogP) is 5.19. The third-order valence-electron chi connectivity index (χ3n) is 2.61. The van der Waals surface area contributed by atoms with Crippen LogP contribution in [0, 0.1) is 12.7 Å². The number of aryl methyl sites for hydroxylation is 1. The number of alkyl halides is 1. The Morgan fingerprint density at radius 1 is 1.39 bits per heavy atom. The van der Waals surface area contributed by atoms with E-state index in [1.807, 2.05) is 13.0 Å². The van der Waals surface area contributed by atoms with Crippen LogP contribution in [0.2, 0.25) is 4.34 Å². The molecule has 1 heterocycles. The molecule has 0 fully saturated rings. The molecule has 0 aliphatic heterocycles. The van der Waals surface area contributed by atoms with Crippen molar-refractivity contribution in [2.45, 2.75) is 12.3 Å². The van der Waals surface area contributed by atoms with E-state index in [0.29, 0.717) is 15.6 Å². The van der Waals surface area contributed by atoms with Crippen molar-refractivity contribution in [1.82, 2.24) is 0 Å². The van der Waals surface area contributed by atoms with Crippen LogP contribution in [0.3, 0.4) is 0 Å². The Hall–Kier alpha value is -0.770. The Morgan fingerprint density at radius 3 is 2.67 bits per heavy atom. The fourth-order valence-electron chi connectivity index (χ4n) is 1.69. The van der Waals surface area contributed by atoms with Gasteiger partial charge in [0.2, 0.25) is 0 Å². The van der Waals surface area contributed by atoms with Crippen LogP contribution in [-0.2, 0) is 0 Å². The fraction of sp³-hybridized carbons (Fsp3) is 0.231. The molecule has 0 bridgehead atoms. The van der Waals surface area contributed by atoms with E-state index in [-0.39, 0.29) is 5.82 Å². The maximum atomic E-state index is 13.9. The van der Waals surface area contributed by atoms with Crippen molar-refractivity contribution in [3.05, 3.63) is 50.4 Å². The molecule has 96 valence electrons. The van der Waals surface area contributed by atoms with Gasteiger partial charge in [-0.1, -0.05) is 17.7 Å². The standard InChI is InChI=1S/C13H11Cl2FOS/c1-7-6-10(18-13(7)15)12(14)11-8(16)4-3-5-9(11)17-2/h3-6,12H,1-2H3. The summed E-state index contributed by atoms with van der Waals surface area (Å²) in [5.41, 5.74) is 1.29. The number of halogens is 3. The lowest BCUT2D eigenvalue weighted by Gasteiger charge is -2.13. The second kappa shape index (κ2) is 5.47. The van der Waals surface area contributed by atoms with E-state index in [2.05, 4.69) is 0 Å². The first-order chi connectivity index (χ1) is 8.54. The van der Waals surface area contributed by atoms with E-state index in [1.165, 1.54) is 24.5 Å². The molecule has 0 aliphatic rings. The highest BCUT2D eigenvalue weighted by Gasteiger charge is 2.22. The number of thiophene rings is 1. The van der Waals surface area contributed by atoms with Crippen molar-refractivity contribution < 1.29 is 9.13 Å². The first-order valence-corrected chi connectivity index (χ1v) is 6.90. The van der Waals surface area contributed by atoms with Gasteiger partial charge in [-0.2, -0.15) is 0 Å². The van der Waals surface area contributed by atoms with Gasteiger partial charge in [-0.25, -0.2) is 4.39 Å². The lowest BCUT2D eigenvalue weighted by Crippen LogP contribution is -1.99. The van der Waals surface area contributed by atoms with Crippen LogP contribution in [-0.4, -0.2) is 7.11 Å². The van der Waals surface area contributed by atoms with Crippen molar-refractivity contribution in [3.8, 4) is 5.75 Å². The molecule has 0 aliphatic carbocycles. The molecule has 0 N–H and O–H groups in total. The van der Waals surface area contributed by atoms with E-state index < -0.39 is 5.38 Å². The van der Waals surface area contributed by atoms with Crippen LogP contribution < -0.4 is 4.74 Å². The zero-order valence-electron chi connectivity index (χ0n) is 9.84. The number of rotatable bonds is 3. The Kier molecular flexibility index (Phi) is 4.15. The molecule has 0 saturated heterocycles. The van der Waals surface area contributed by atoms with Crippen LogP contribution in [0.25, 0.3) is 0 Å². The molecule has 2 aromatic rings. The molecule has 0 amide bonds. The van der Waals surface area contributed by atoms with Crippen molar-refractivity contribution in [2.75, 3.05) is 7.11 Å². The third-order valence-corrected chi connectivity index (χ3v) is 4.82. The lowest BCUT2D eigenvalue weighted by atomic mass is 10.1. The number of benzene rings is 1. The minimum atomic E-state index is -0.600. The van der Waals surface area contributed by atoms with E-state index in [0.717, 1.165) is 10.4 Å². The van der Waals surface area contributed by atoms with Crippen LogP contribution in [0.5, 0.6) is 5.75 Å². The molecular formula is C13H11Cl2FOS. The minimum Gasteiger partial charge on any atom is -0.496 e. The molecule has 1 nitrogen and oxygen atoms in total. The van der Waals surface area contributed by atoms with Gasteiger partial charge in [-0.05, 0) is 30.7 Å². The molecule has 2 rings (SSSR count). The van der Waals surface area contributed by atoms with Gasteiger partial charge in [0, 0.05) is 4.88 Å². The van der Waals surface area contributed by atoms with Gasteiger partial charge < -0.3 is 4.74 Å². The second-order valence-electron chi connectivity index (χ2n) is 3.82. The highest BCUT2D eigenvalue weighted by Crippen LogP contribution is 2.41. The van der Waals surface area contributed by atoms with Crippen molar-refractivity contribution in [1.29, 1.82) is 0 Å². The number of hydrogen-bond acceptors (Lipinski definition) is 2. The molecule has 1 atom stereocenters. The number of ether oxygens (including phenoxy) is 1. The van der Waals surface area contributed by atoms with Crippen molar-refractivity contribution in [2.24, 2.45) is 0 Å². The molecule has 0 saturated carbocycles. The summed E-state index contributed by atoms with van der Waals surface area (Å²) in [4.78, 5) is 0.808. The SMILES string of the molecule is COc1cccc(F)c1C(Cl)c1cc(C)c(Cl)s1. The second-order valence-corrected chi connectivity index (χ2v) is 5.95. The highest BCUT2D eigenvalue weighted by molar-refractivity contribution is 7.16. The highest BCUT2D eigenvalue weighted by atomic mass is 35.5. The van der Waals surface area contributed by atoms with E-state index in [1.54, 1.807) is 12.1 Å². The minimum absolute atomic E-state index is 0.347. The van der Waals surface area contributed by atoms with Gasteiger partial charge >= 0.3 is 0 Å². The van der Waals surface area contributed by atoms with Gasteiger partial charge in [0.05, 0.1) is 22.4 Å². The fourth-order valence-corrected chi connectivity index (χ4v) is 3.31.